The van der Waals surface area contributed by atoms with Crippen LogP contribution in [0.1, 0.15) is 76.3 Å². The highest BCUT2D eigenvalue weighted by Gasteiger charge is 2.53. The number of hydrogen-bond acceptors (Lipinski definition) is 2. The number of aryl methyl sites for hydroxylation is 1. The maximum atomic E-state index is 12.9. The molecule has 1 heterocycles. The van der Waals surface area contributed by atoms with Gasteiger partial charge in [-0.15, -0.1) is 0 Å². The third-order valence-corrected chi connectivity index (χ3v) is 9.16. The number of nitrogens with one attached hydrogen (secondary N) is 1. The van der Waals surface area contributed by atoms with Crippen molar-refractivity contribution >= 4 is 5.91 Å². The van der Waals surface area contributed by atoms with Crippen molar-refractivity contribution in [1.29, 1.82) is 0 Å². The summed E-state index contributed by atoms with van der Waals surface area (Å²) in [6, 6.07) is 18.8. The summed E-state index contributed by atoms with van der Waals surface area (Å²) in [6.45, 7) is 13.2. The topological polar surface area (TPSA) is 49.3 Å². The summed E-state index contributed by atoms with van der Waals surface area (Å²) < 4.78 is 1.12. The molecule has 38 heavy (non-hydrogen) atoms. The van der Waals surface area contributed by atoms with Crippen molar-refractivity contribution in [3.63, 3.8) is 0 Å². The van der Waals surface area contributed by atoms with Gasteiger partial charge in [0.25, 0.3) is 0 Å². The van der Waals surface area contributed by atoms with Crippen molar-refractivity contribution in [3.8, 4) is 5.75 Å². The number of phenols is 1. The fourth-order valence-electron chi connectivity index (χ4n) is 7.58. The van der Waals surface area contributed by atoms with E-state index in [1.54, 1.807) is 6.07 Å². The number of carbonyl (C=O) groups is 1. The molecule has 2 aliphatic rings. The van der Waals surface area contributed by atoms with Gasteiger partial charge in [0.05, 0.1) is 26.2 Å². The molecule has 4 rings (SSSR count). The molecule has 0 bridgehead atoms. The van der Waals surface area contributed by atoms with Gasteiger partial charge in [0.1, 0.15) is 5.75 Å². The number of nitrogens with zero attached hydrogens (tertiary/aromatic N) is 1. The highest BCUT2D eigenvalue weighted by Crippen LogP contribution is 2.51. The first-order valence-corrected chi connectivity index (χ1v) is 14.9. The molecule has 0 radical (unpaired) electrons. The lowest BCUT2D eigenvalue weighted by Crippen LogP contribution is -2.64. The number of fused-ring (bicyclic) bond motifs is 1. The lowest BCUT2D eigenvalue weighted by atomic mass is 9.57. The standard InChI is InChI=1S/C34H48N2O2/c1-4-21-36(25-27(2)3)22-20-34(29-15-11-16-32(37)23-29)24-31(19-18-30(34)26-36)35-33(38)17-10-6-9-14-28-12-7-5-8-13-28/h4-5,7-8,11-13,15-16,23,27,30-31H,1,6,9-10,14,17-22,24-26H2,2-3H3,(H-,35,37,38)/p+1/t30?,31-,34+,36-/m0/s1. The number of carbonyl (C=O) groups excluding carboxylic acids is 1. The molecule has 1 saturated heterocycles. The number of likely N-dealkylation sites (tertiary alicyclic amines) is 1. The predicted molar refractivity (Wildman–Crippen MR) is 157 cm³/mol. The van der Waals surface area contributed by atoms with E-state index in [0.29, 0.717) is 24.0 Å². The second kappa shape index (κ2) is 13.0. The Morgan fingerprint density at radius 2 is 1.95 bits per heavy atom. The number of piperidine rings is 1. The zero-order valence-electron chi connectivity index (χ0n) is 23.7. The summed E-state index contributed by atoms with van der Waals surface area (Å²) in [5.74, 6) is 1.73. The Labute approximate surface area is 230 Å². The molecule has 4 heteroatoms. The predicted octanol–water partition coefficient (Wildman–Crippen LogP) is 6.78. The summed E-state index contributed by atoms with van der Waals surface area (Å²) in [7, 11) is 0. The second-order valence-corrected chi connectivity index (χ2v) is 12.5. The normalized spacial score (nSPS) is 27.0. The summed E-state index contributed by atoms with van der Waals surface area (Å²) in [5, 5.41) is 13.8. The molecule has 2 fully saturated rings. The van der Waals surface area contributed by atoms with E-state index in [2.05, 4.69) is 68.2 Å². The van der Waals surface area contributed by atoms with Gasteiger partial charge in [-0.2, -0.15) is 0 Å². The summed E-state index contributed by atoms with van der Waals surface area (Å²) in [5.41, 5.74) is 2.63. The van der Waals surface area contributed by atoms with Gasteiger partial charge in [0.2, 0.25) is 5.91 Å². The minimum Gasteiger partial charge on any atom is -0.508 e. The highest BCUT2D eigenvalue weighted by molar-refractivity contribution is 5.76. The van der Waals surface area contributed by atoms with Gasteiger partial charge in [-0.3, -0.25) is 4.79 Å². The quantitative estimate of drug-likeness (QED) is 0.185. The molecule has 0 spiro atoms. The number of phenolic OH excluding ortho intramolecular Hbond substituents is 1. The Morgan fingerprint density at radius 3 is 2.68 bits per heavy atom. The van der Waals surface area contributed by atoms with E-state index < -0.39 is 0 Å². The van der Waals surface area contributed by atoms with Crippen LogP contribution in [0.5, 0.6) is 5.75 Å². The molecule has 4 nitrogen and oxygen atoms in total. The van der Waals surface area contributed by atoms with Gasteiger partial charge >= 0.3 is 0 Å². The summed E-state index contributed by atoms with van der Waals surface area (Å²) >= 11 is 0. The number of hydrogen-bond donors (Lipinski definition) is 2. The van der Waals surface area contributed by atoms with Gasteiger partial charge in [-0.1, -0.05) is 69.3 Å². The third-order valence-electron chi connectivity index (χ3n) is 9.16. The van der Waals surface area contributed by atoms with Crippen LogP contribution in [0.15, 0.2) is 67.3 Å². The largest absolute Gasteiger partial charge is 0.508 e. The smallest absolute Gasteiger partial charge is 0.220 e. The van der Waals surface area contributed by atoms with Gasteiger partial charge in [-0.05, 0) is 67.9 Å². The molecule has 2 aromatic rings. The van der Waals surface area contributed by atoms with Crippen LogP contribution in [0, 0.1) is 11.8 Å². The fraction of sp³-hybridized carbons (Fsp3) is 0.559. The van der Waals surface area contributed by atoms with Crippen LogP contribution < -0.4 is 5.32 Å². The van der Waals surface area contributed by atoms with Crippen molar-refractivity contribution in [3.05, 3.63) is 78.4 Å². The second-order valence-electron chi connectivity index (χ2n) is 12.5. The van der Waals surface area contributed by atoms with Crippen molar-refractivity contribution in [2.24, 2.45) is 11.8 Å². The molecular weight excluding hydrogens is 468 g/mol. The molecule has 4 atom stereocenters. The van der Waals surface area contributed by atoms with Crippen LogP contribution in [-0.4, -0.2) is 47.7 Å². The van der Waals surface area contributed by atoms with E-state index in [4.69, 9.17) is 0 Å². The van der Waals surface area contributed by atoms with Crippen molar-refractivity contribution < 1.29 is 14.4 Å². The molecule has 2 aromatic carbocycles. The molecule has 1 aliphatic heterocycles. The SMILES string of the molecule is C=CC[N@@+]1(CC(C)C)CC[C@]2(c3cccc(O)c3)C[C@@H](NC(=O)CCCCCc3ccccc3)CCC2C1. The molecule has 206 valence electrons. The lowest BCUT2D eigenvalue weighted by Gasteiger charge is -2.56. The van der Waals surface area contributed by atoms with Crippen LogP contribution in [0.25, 0.3) is 0 Å². The first-order valence-electron chi connectivity index (χ1n) is 14.9. The zero-order chi connectivity index (χ0) is 27.0. The van der Waals surface area contributed by atoms with Crippen LogP contribution in [0.4, 0.5) is 0 Å². The molecule has 1 unspecified atom stereocenters. The number of quaternary nitrogens is 1. The lowest BCUT2D eigenvalue weighted by molar-refractivity contribution is -0.935. The van der Waals surface area contributed by atoms with Crippen LogP contribution >= 0.6 is 0 Å². The molecule has 1 amide bonds. The minimum absolute atomic E-state index is 0.00448. The molecule has 2 N–H and O–H groups in total. The Kier molecular flexibility index (Phi) is 9.70. The first-order chi connectivity index (χ1) is 18.3. The molecule has 1 saturated carbocycles. The van der Waals surface area contributed by atoms with Gasteiger partial charge in [-0.25, -0.2) is 0 Å². The van der Waals surface area contributed by atoms with E-state index in [0.717, 1.165) is 75.5 Å². The maximum absolute atomic E-state index is 12.9. The number of benzene rings is 2. The van der Waals surface area contributed by atoms with E-state index >= 15 is 0 Å². The number of unbranched alkanes of at least 4 members (excludes halogenated alkanes) is 2. The number of rotatable bonds is 12. The zero-order valence-corrected chi connectivity index (χ0v) is 23.7. The monoisotopic (exact) mass is 517 g/mol. The van der Waals surface area contributed by atoms with E-state index in [1.165, 1.54) is 17.7 Å². The fourth-order valence-corrected chi connectivity index (χ4v) is 7.58. The van der Waals surface area contributed by atoms with Crippen LogP contribution in [0.2, 0.25) is 0 Å². The highest BCUT2D eigenvalue weighted by atomic mass is 16.3. The van der Waals surface area contributed by atoms with Gasteiger partial charge in [0, 0.05) is 36.1 Å². The van der Waals surface area contributed by atoms with Gasteiger partial charge < -0.3 is 14.9 Å². The third kappa shape index (κ3) is 7.08. The molecular formula is C34H49N2O2+. The summed E-state index contributed by atoms with van der Waals surface area (Å²) in [4.78, 5) is 12.9. The Morgan fingerprint density at radius 1 is 1.13 bits per heavy atom. The van der Waals surface area contributed by atoms with E-state index in [1.807, 2.05) is 12.1 Å². The van der Waals surface area contributed by atoms with Crippen LogP contribution in [0.3, 0.4) is 0 Å². The van der Waals surface area contributed by atoms with E-state index in [-0.39, 0.29) is 17.4 Å². The minimum atomic E-state index is 0.00448. The average molecular weight is 518 g/mol. The van der Waals surface area contributed by atoms with E-state index in [9.17, 15) is 9.90 Å². The van der Waals surface area contributed by atoms with Gasteiger partial charge in [0.15, 0.2) is 0 Å². The number of amides is 1. The number of aromatic hydroxyl groups is 1. The van der Waals surface area contributed by atoms with Crippen molar-refractivity contribution in [1.82, 2.24) is 5.32 Å². The average Bonchev–Trinajstić information content (AvgIpc) is 2.89. The Hall–Kier alpha value is -2.59. The Bertz CT molecular complexity index is 1050. The Balaban J connectivity index is 1.39. The molecule has 0 aromatic heterocycles. The first kappa shape index (κ1) is 28.4. The van der Waals surface area contributed by atoms with Crippen molar-refractivity contribution in [2.75, 3.05) is 26.2 Å². The van der Waals surface area contributed by atoms with Crippen molar-refractivity contribution in [2.45, 2.75) is 83.1 Å². The summed E-state index contributed by atoms with van der Waals surface area (Å²) in [6.07, 6.45) is 11.2. The molecule has 1 aliphatic carbocycles. The maximum Gasteiger partial charge on any atom is 0.220 e. The van der Waals surface area contributed by atoms with Crippen LogP contribution in [-0.2, 0) is 16.6 Å².